The lowest BCUT2D eigenvalue weighted by Crippen LogP contribution is -2.58. The molecule has 0 radical (unpaired) electrons. The summed E-state index contributed by atoms with van der Waals surface area (Å²) in [4.78, 5) is 71.9. The minimum absolute atomic E-state index is 0.0169. The fourth-order valence-electron chi connectivity index (χ4n) is 2.83. The highest BCUT2D eigenvalue weighted by molar-refractivity contribution is 7.98. The van der Waals surface area contributed by atoms with Crippen LogP contribution < -0.4 is 33.2 Å². The fraction of sp³-hybridized carbons (Fsp3) is 0.700. The van der Waals surface area contributed by atoms with Gasteiger partial charge in [-0.2, -0.15) is 11.8 Å². The number of rotatable bonds is 17. The molecule has 0 aromatic carbocycles. The van der Waals surface area contributed by atoms with Gasteiger partial charge in [0.25, 0.3) is 0 Å². The molecule has 14 heteroatoms. The van der Waals surface area contributed by atoms with Crippen molar-refractivity contribution in [3.05, 3.63) is 0 Å². The molecule has 0 aromatic rings. The molecule has 0 aliphatic carbocycles. The quantitative estimate of drug-likeness (QED) is 0.113. The molecule has 0 spiro atoms. The van der Waals surface area contributed by atoms with Gasteiger partial charge in [-0.1, -0.05) is 20.3 Å². The van der Waals surface area contributed by atoms with Crippen molar-refractivity contribution in [2.75, 3.05) is 12.0 Å². The Bertz CT molecular complexity index is 751. The number of carbonyl (C=O) groups excluding carboxylic acids is 5. The Labute approximate surface area is 202 Å². The van der Waals surface area contributed by atoms with Gasteiger partial charge in [-0.15, -0.1) is 0 Å². The largest absolute Gasteiger partial charge is 0.480 e. The predicted molar refractivity (Wildman–Crippen MR) is 126 cm³/mol. The average Bonchev–Trinajstić information content (AvgIpc) is 2.76. The van der Waals surface area contributed by atoms with E-state index < -0.39 is 72.0 Å². The van der Waals surface area contributed by atoms with Gasteiger partial charge in [0, 0.05) is 6.42 Å². The van der Waals surface area contributed by atoms with Gasteiger partial charge >= 0.3 is 5.97 Å². The highest BCUT2D eigenvalue weighted by Gasteiger charge is 2.32. The van der Waals surface area contributed by atoms with Gasteiger partial charge < -0.3 is 38.3 Å². The molecule has 194 valence electrons. The summed E-state index contributed by atoms with van der Waals surface area (Å²) >= 11 is 1.41. The van der Waals surface area contributed by atoms with E-state index in [9.17, 15) is 33.9 Å². The number of primary amides is 2. The van der Waals surface area contributed by atoms with Crippen molar-refractivity contribution in [3.63, 3.8) is 0 Å². The molecule has 5 unspecified atom stereocenters. The second-order valence-electron chi connectivity index (χ2n) is 7.90. The Balaban J connectivity index is 5.50. The second kappa shape index (κ2) is 15.9. The minimum Gasteiger partial charge on any atom is -0.480 e. The highest BCUT2D eigenvalue weighted by atomic mass is 32.2. The summed E-state index contributed by atoms with van der Waals surface area (Å²) in [6.45, 7) is 3.39. The first-order chi connectivity index (χ1) is 15.8. The number of thioether (sulfide) groups is 1. The topological polar surface area (TPSA) is 237 Å². The lowest BCUT2D eigenvalue weighted by molar-refractivity contribution is -0.144. The van der Waals surface area contributed by atoms with Crippen molar-refractivity contribution in [1.29, 1.82) is 0 Å². The first-order valence-electron chi connectivity index (χ1n) is 10.8. The SMILES string of the molecule is CCC(C)C(NC(=O)C(CC(N)=O)NC(=O)C(CCSC)NC(=O)C(N)CCC(N)=O)C(=O)O. The molecule has 0 saturated heterocycles. The van der Waals surface area contributed by atoms with Crippen LogP contribution in [0.5, 0.6) is 0 Å². The zero-order valence-corrected chi connectivity index (χ0v) is 20.5. The number of amides is 5. The van der Waals surface area contributed by atoms with Crippen molar-refractivity contribution in [3.8, 4) is 0 Å². The smallest absolute Gasteiger partial charge is 0.326 e. The monoisotopic (exact) mass is 504 g/mol. The van der Waals surface area contributed by atoms with Crippen molar-refractivity contribution in [1.82, 2.24) is 16.0 Å². The molecule has 0 aromatic heterocycles. The maximum atomic E-state index is 12.9. The molecular formula is C20H36N6O7S. The maximum Gasteiger partial charge on any atom is 0.326 e. The van der Waals surface area contributed by atoms with Crippen LogP contribution >= 0.6 is 11.8 Å². The van der Waals surface area contributed by atoms with Crippen LogP contribution in [0.2, 0.25) is 0 Å². The summed E-state index contributed by atoms with van der Waals surface area (Å²) in [6, 6.07) is -4.88. The number of carbonyl (C=O) groups is 6. The Morgan fingerprint density at radius 3 is 1.91 bits per heavy atom. The molecule has 0 heterocycles. The Kier molecular flexibility index (Phi) is 14.5. The zero-order chi connectivity index (χ0) is 26.4. The standard InChI is InChI=1S/C20H36N6O7S/c1-4-10(2)16(20(32)33)26-19(31)13(9-15(23)28)25-18(30)12(7-8-34-3)24-17(29)11(21)5-6-14(22)27/h10-13,16H,4-9,21H2,1-3H3,(H2,22,27)(H2,23,28)(H,24,29)(H,25,30)(H,26,31)(H,32,33). The third-order valence-corrected chi connectivity index (χ3v) is 5.74. The molecule has 10 N–H and O–H groups in total. The van der Waals surface area contributed by atoms with Crippen LogP contribution in [-0.4, -0.2) is 76.8 Å². The van der Waals surface area contributed by atoms with Crippen molar-refractivity contribution in [2.45, 2.75) is 70.1 Å². The number of aliphatic carboxylic acids is 1. The number of carboxylic acids is 1. The highest BCUT2D eigenvalue weighted by Crippen LogP contribution is 2.09. The fourth-order valence-corrected chi connectivity index (χ4v) is 3.30. The van der Waals surface area contributed by atoms with Gasteiger partial charge in [-0.25, -0.2) is 4.79 Å². The van der Waals surface area contributed by atoms with E-state index in [1.54, 1.807) is 20.1 Å². The van der Waals surface area contributed by atoms with E-state index in [0.717, 1.165) is 0 Å². The maximum absolute atomic E-state index is 12.9. The summed E-state index contributed by atoms with van der Waals surface area (Å²) in [5.41, 5.74) is 16.0. The van der Waals surface area contributed by atoms with Crippen LogP contribution in [-0.2, 0) is 28.8 Å². The molecule has 34 heavy (non-hydrogen) atoms. The van der Waals surface area contributed by atoms with Crippen molar-refractivity contribution in [2.24, 2.45) is 23.1 Å². The van der Waals surface area contributed by atoms with E-state index in [2.05, 4.69) is 16.0 Å². The second-order valence-corrected chi connectivity index (χ2v) is 8.88. The lowest BCUT2D eigenvalue weighted by atomic mass is 9.98. The molecule has 0 saturated carbocycles. The van der Waals surface area contributed by atoms with Gasteiger partial charge in [0.05, 0.1) is 12.5 Å². The first-order valence-corrected chi connectivity index (χ1v) is 12.2. The van der Waals surface area contributed by atoms with E-state index in [0.29, 0.717) is 12.2 Å². The van der Waals surface area contributed by atoms with E-state index in [4.69, 9.17) is 17.2 Å². The lowest BCUT2D eigenvalue weighted by Gasteiger charge is -2.26. The van der Waals surface area contributed by atoms with Gasteiger partial charge in [0.15, 0.2) is 0 Å². The number of hydrogen-bond acceptors (Lipinski definition) is 8. The van der Waals surface area contributed by atoms with E-state index >= 15 is 0 Å². The third-order valence-electron chi connectivity index (χ3n) is 5.10. The number of hydrogen-bond donors (Lipinski definition) is 7. The van der Waals surface area contributed by atoms with Crippen LogP contribution in [0.15, 0.2) is 0 Å². The minimum atomic E-state index is -1.45. The van der Waals surface area contributed by atoms with Crippen LogP contribution in [0, 0.1) is 5.92 Å². The Hall–Kier alpha value is -2.87. The van der Waals surface area contributed by atoms with E-state index in [1.165, 1.54) is 11.8 Å². The summed E-state index contributed by atoms with van der Waals surface area (Å²) in [5, 5.41) is 16.6. The van der Waals surface area contributed by atoms with Gasteiger partial charge in [0.2, 0.25) is 29.5 Å². The summed E-state index contributed by atoms with van der Waals surface area (Å²) in [6.07, 6.45) is 1.72. The molecule has 5 amide bonds. The molecule has 0 bridgehead atoms. The molecule has 0 rings (SSSR count). The molecule has 0 aliphatic rings. The molecular weight excluding hydrogens is 468 g/mol. The Morgan fingerprint density at radius 2 is 1.44 bits per heavy atom. The number of carboxylic acid groups (broad SMARTS) is 1. The summed E-state index contributed by atoms with van der Waals surface area (Å²) < 4.78 is 0. The summed E-state index contributed by atoms with van der Waals surface area (Å²) in [5.74, 6) is -5.10. The molecule has 0 aliphatic heterocycles. The normalized spacial score (nSPS) is 15.2. The van der Waals surface area contributed by atoms with Crippen LogP contribution in [0.4, 0.5) is 0 Å². The summed E-state index contributed by atoms with van der Waals surface area (Å²) in [7, 11) is 0. The zero-order valence-electron chi connectivity index (χ0n) is 19.7. The molecule has 13 nitrogen and oxygen atoms in total. The number of nitrogens with one attached hydrogen (secondary N) is 3. The van der Waals surface area contributed by atoms with Gasteiger partial charge in [-0.3, -0.25) is 24.0 Å². The van der Waals surface area contributed by atoms with Crippen LogP contribution in [0.25, 0.3) is 0 Å². The van der Waals surface area contributed by atoms with Gasteiger partial charge in [0.1, 0.15) is 18.1 Å². The molecule has 0 fully saturated rings. The third kappa shape index (κ3) is 11.8. The first kappa shape index (κ1) is 31.1. The van der Waals surface area contributed by atoms with Crippen molar-refractivity contribution >= 4 is 47.3 Å². The van der Waals surface area contributed by atoms with Crippen LogP contribution in [0.1, 0.15) is 46.0 Å². The Morgan fingerprint density at radius 1 is 0.882 bits per heavy atom. The number of nitrogens with two attached hydrogens (primary N) is 3. The van der Waals surface area contributed by atoms with Gasteiger partial charge in [-0.05, 0) is 30.8 Å². The van der Waals surface area contributed by atoms with E-state index in [1.807, 2.05) is 0 Å². The predicted octanol–water partition coefficient (Wildman–Crippen LogP) is -2.21. The molecule has 5 atom stereocenters. The van der Waals surface area contributed by atoms with E-state index in [-0.39, 0.29) is 19.3 Å². The van der Waals surface area contributed by atoms with Crippen molar-refractivity contribution < 1.29 is 33.9 Å². The average molecular weight is 505 g/mol. The van der Waals surface area contributed by atoms with Crippen LogP contribution in [0.3, 0.4) is 0 Å².